The molecule has 82 valence electrons. The van der Waals surface area contributed by atoms with Gasteiger partial charge in [0.05, 0.1) is 0 Å². The van der Waals surface area contributed by atoms with Crippen molar-refractivity contribution in [3.63, 3.8) is 0 Å². The summed E-state index contributed by atoms with van der Waals surface area (Å²) in [4.78, 5) is 29.5. The number of amides is 1. The standard InChI is InChI=1S/C9H14N4O2/c1-6-4-10-2-3-13(6)8(14)7-5-11-9(15)12-7/h5-6,10H,2-4H2,1H3,(H2,11,12,15). The fraction of sp³-hybridized carbons (Fsp3) is 0.556. The lowest BCUT2D eigenvalue weighted by Crippen LogP contribution is -2.52. The molecule has 2 rings (SSSR count). The van der Waals surface area contributed by atoms with E-state index in [1.54, 1.807) is 4.90 Å². The molecule has 6 heteroatoms. The Bertz CT molecular complexity index is 408. The first-order chi connectivity index (χ1) is 7.18. The summed E-state index contributed by atoms with van der Waals surface area (Å²) in [5.41, 5.74) is -0.0186. The van der Waals surface area contributed by atoms with Crippen LogP contribution in [-0.4, -0.2) is 46.5 Å². The molecule has 1 fully saturated rings. The van der Waals surface area contributed by atoms with E-state index in [1.165, 1.54) is 6.20 Å². The second kappa shape index (κ2) is 3.90. The Morgan fingerprint density at radius 2 is 2.40 bits per heavy atom. The van der Waals surface area contributed by atoms with Gasteiger partial charge < -0.3 is 20.2 Å². The lowest BCUT2D eigenvalue weighted by molar-refractivity contribution is 0.0650. The molecule has 0 aromatic carbocycles. The molecule has 1 aromatic heterocycles. The first-order valence-electron chi connectivity index (χ1n) is 4.98. The summed E-state index contributed by atoms with van der Waals surface area (Å²) in [5, 5.41) is 3.20. The highest BCUT2D eigenvalue weighted by Crippen LogP contribution is 2.06. The van der Waals surface area contributed by atoms with Crippen LogP contribution in [0.2, 0.25) is 0 Å². The number of carbonyl (C=O) groups is 1. The zero-order valence-electron chi connectivity index (χ0n) is 8.54. The topological polar surface area (TPSA) is 81.0 Å². The molecule has 0 radical (unpaired) electrons. The molecule has 1 aromatic rings. The number of H-pyrrole nitrogens is 2. The van der Waals surface area contributed by atoms with Crippen LogP contribution in [0.25, 0.3) is 0 Å². The number of hydrogen-bond acceptors (Lipinski definition) is 3. The van der Waals surface area contributed by atoms with Crippen LogP contribution >= 0.6 is 0 Å². The van der Waals surface area contributed by atoms with E-state index in [9.17, 15) is 9.59 Å². The van der Waals surface area contributed by atoms with Crippen LogP contribution in [0.3, 0.4) is 0 Å². The molecular formula is C9H14N4O2. The molecule has 1 atom stereocenters. The molecule has 1 amide bonds. The van der Waals surface area contributed by atoms with Gasteiger partial charge in [0.25, 0.3) is 5.91 Å². The number of imidazole rings is 1. The number of piperazine rings is 1. The zero-order valence-corrected chi connectivity index (χ0v) is 8.54. The first kappa shape index (κ1) is 9.97. The van der Waals surface area contributed by atoms with Crippen molar-refractivity contribution in [2.45, 2.75) is 13.0 Å². The second-order valence-corrected chi connectivity index (χ2v) is 3.71. The zero-order chi connectivity index (χ0) is 10.8. The van der Waals surface area contributed by atoms with Crippen molar-refractivity contribution in [1.82, 2.24) is 20.2 Å². The van der Waals surface area contributed by atoms with Gasteiger partial charge in [-0.05, 0) is 6.92 Å². The molecular weight excluding hydrogens is 196 g/mol. The van der Waals surface area contributed by atoms with E-state index < -0.39 is 0 Å². The van der Waals surface area contributed by atoms with Crippen molar-refractivity contribution < 1.29 is 4.79 Å². The number of nitrogens with zero attached hydrogens (tertiary/aromatic N) is 1. The molecule has 0 bridgehead atoms. The van der Waals surface area contributed by atoms with Gasteiger partial charge in [-0.15, -0.1) is 0 Å². The van der Waals surface area contributed by atoms with Crippen molar-refractivity contribution in [3.8, 4) is 0 Å². The summed E-state index contributed by atoms with van der Waals surface area (Å²) in [6.45, 7) is 4.24. The Hall–Kier alpha value is -1.56. The third kappa shape index (κ3) is 1.94. The lowest BCUT2D eigenvalue weighted by atomic mass is 10.2. The third-order valence-electron chi connectivity index (χ3n) is 2.59. The second-order valence-electron chi connectivity index (χ2n) is 3.71. The van der Waals surface area contributed by atoms with E-state index >= 15 is 0 Å². The van der Waals surface area contributed by atoms with Crippen molar-refractivity contribution in [1.29, 1.82) is 0 Å². The van der Waals surface area contributed by atoms with Gasteiger partial charge >= 0.3 is 5.69 Å². The Morgan fingerprint density at radius 3 is 3.00 bits per heavy atom. The number of aromatic amines is 2. The molecule has 1 aliphatic rings. The van der Waals surface area contributed by atoms with E-state index in [0.29, 0.717) is 12.2 Å². The average Bonchev–Trinajstić information content (AvgIpc) is 2.65. The highest BCUT2D eigenvalue weighted by atomic mass is 16.2. The van der Waals surface area contributed by atoms with Gasteiger partial charge in [0.15, 0.2) is 0 Å². The van der Waals surface area contributed by atoms with Crippen molar-refractivity contribution in [2.75, 3.05) is 19.6 Å². The minimum absolute atomic E-state index is 0.123. The van der Waals surface area contributed by atoms with Gasteiger partial charge in [-0.25, -0.2) is 4.79 Å². The number of nitrogens with one attached hydrogen (secondary N) is 3. The lowest BCUT2D eigenvalue weighted by Gasteiger charge is -2.33. The molecule has 3 N–H and O–H groups in total. The van der Waals surface area contributed by atoms with Gasteiger partial charge in [0, 0.05) is 31.9 Å². The highest BCUT2D eigenvalue weighted by Gasteiger charge is 2.24. The fourth-order valence-corrected chi connectivity index (χ4v) is 1.74. The molecule has 0 aliphatic carbocycles. The molecule has 0 saturated carbocycles. The molecule has 15 heavy (non-hydrogen) atoms. The van der Waals surface area contributed by atoms with E-state index in [1.807, 2.05) is 6.92 Å². The Balaban J connectivity index is 2.16. The van der Waals surface area contributed by atoms with Gasteiger partial charge in [-0.2, -0.15) is 0 Å². The number of carbonyl (C=O) groups excluding carboxylic acids is 1. The highest BCUT2D eigenvalue weighted by molar-refractivity contribution is 5.92. The normalized spacial score (nSPS) is 21.7. The summed E-state index contributed by atoms with van der Waals surface area (Å²) >= 11 is 0. The Kier molecular flexibility index (Phi) is 2.59. The Morgan fingerprint density at radius 1 is 1.60 bits per heavy atom. The number of aromatic nitrogens is 2. The molecule has 1 aliphatic heterocycles. The number of rotatable bonds is 1. The summed E-state index contributed by atoms with van der Waals surface area (Å²) in [6.07, 6.45) is 1.42. The van der Waals surface area contributed by atoms with Crippen LogP contribution in [0.15, 0.2) is 11.0 Å². The number of hydrogen-bond donors (Lipinski definition) is 3. The minimum Gasteiger partial charge on any atom is -0.332 e. The van der Waals surface area contributed by atoms with Gasteiger partial charge in [0.1, 0.15) is 5.69 Å². The predicted octanol–water partition coefficient (Wildman–Crippen LogP) is -0.863. The van der Waals surface area contributed by atoms with Crippen molar-refractivity contribution >= 4 is 5.91 Å². The maximum absolute atomic E-state index is 11.9. The summed E-state index contributed by atoms with van der Waals surface area (Å²) < 4.78 is 0. The molecule has 6 nitrogen and oxygen atoms in total. The quantitative estimate of drug-likeness (QED) is 0.564. The third-order valence-corrected chi connectivity index (χ3v) is 2.59. The smallest absolute Gasteiger partial charge is 0.323 e. The molecule has 1 saturated heterocycles. The summed E-state index contributed by atoms with van der Waals surface area (Å²) in [5.74, 6) is -0.123. The largest absolute Gasteiger partial charge is 0.332 e. The van der Waals surface area contributed by atoms with Crippen LogP contribution in [0.5, 0.6) is 0 Å². The minimum atomic E-state index is -0.346. The first-order valence-corrected chi connectivity index (χ1v) is 4.98. The maximum atomic E-state index is 11.9. The van der Waals surface area contributed by atoms with E-state index in [-0.39, 0.29) is 17.6 Å². The molecule has 1 unspecified atom stereocenters. The monoisotopic (exact) mass is 210 g/mol. The van der Waals surface area contributed by atoms with Crippen molar-refractivity contribution in [2.24, 2.45) is 0 Å². The van der Waals surface area contributed by atoms with Crippen LogP contribution in [0, 0.1) is 0 Å². The van der Waals surface area contributed by atoms with Crippen LogP contribution in [-0.2, 0) is 0 Å². The predicted molar refractivity (Wildman–Crippen MR) is 54.8 cm³/mol. The van der Waals surface area contributed by atoms with Crippen molar-refractivity contribution in [3.05, 3.63) is 22.4 Å². The Labute approximate surface area is 86.7 Å². The van der Waals surface area contributed by atoms with Crippen LogP contribution in [0.4, 0.5) is 0 Å². The van der Waals surface area contributed by atoms with E-state index in [4.69, 9.17) is 0 Å². The van der Waals surface area contributed by atoms with Gasteiger partial charge in [0.2, 0.25) is 0 Å². The van der Waals surface area contributed by atoms with Gasteiger partial charge in [-0.3, -0.25) is 4.79 Å². The fourth-order valence-electron chi connectivity index (χ4n) is 1.74. The summed E-state index contributed by atoms with van der Waals surface area (Å²) in [7, 11) is 0. The summed E-state index contributed by atoms with van der Waals surface area (Å²) in [6, 6.07) is 0.157. The van der Waals surface area contributed by atoms with Crippen LogP contribution in [0.1, 0.15) is 17.4 Å². The average molecular weight is 210 g/mol. The van der Waals surface area contributed by atoms with Gasteiger partial charge in [-0.1, -0.05) is 0 Å². The SMILES string of the molecule is CC1CNCCN1C(=O)c1c[nH]c(=O)[nH]1. The maximum Gasteiger partial charge on any atom is 0.323 e. The van der Waals surface area contributed by atoms with E-state index in [2.05, 4.69) is 15.3 Å². The molecule has 0 spiro atoms. The van der Waals surface area contributed by atoms with E-state index in [0.717, 1.165) is 13.1 Å². The molecule has 2 heterocycles. The van der Waals surface area contributed by atoms with Crippen LogP contribution < -0.4 is 11.0 Å².